The first kappa shape index (κ1) is 20.9. The minimum absolute atomic E-state index is 0.0462. The summed E-state index contributed by atoms with van der Waals surface area (Å²) in [5, 5.41) is -0.158. The van der Waals surface area contributed by atoms with Crippen molar-refractivity contribution in [3.05, 3.63) is 31.4 Å². The molecule has 0 radical (unpaired) electrons. The lowest BCUT2D eigenvalue weighted by molar-refractivity contribution is -0.179. The minimum Gasteiger partial charge on any atom is -0.497 e. The third kappa shape index (κ3) is 3.13. The van der Waals surface area contributed by atoms with Crippen LogP contribution in [0.2, 0.25) is 0 Å². The van der Waals surface area contributed by atoms with Crippen LogP contribution >= 0.6 is 0 Å². The van der Waals surface area contributed by atoms with Gasteiger partial charge in [0.1, 0.15) is 11.8 Å². The van der Waals surface area contributed by atoms with Gasteiger partial charge in [-0.1, -0.05) is 0 Å². The van der Waals surface area contributed by atoms with Crippen molar-refractivity contribution in [2.24, 2.45) is 23.3 Å². The predicted octanol–water partition coefficient (Wildman–Crippen LogP) is -1.52. The van der Waals surface area contributed by atoms with Crippen LogP contribution in [0.4, 0.5) is 17.6 Å². The van der Waals surface area contributed by atoms with E-state index in [1.165, 1.54) is 16.6 Å². The van der Waals surface area contributed by atoms with Crippen molar-refractivity contribution in [3.63, 3.8) is 0 Å². The van der Waals surface area contributed by atoms with Crippen molar-refractivity contribution in [3.8, 4) is 0 Å². The molecule has 1 aromatic rings. The van der Waals surface area contributed by atoms with Crippen LogP contribution in [-0.2, 0) is 4.74 Å². The first-order valence-corrected chi connectivity index (χ1v) is 9.67. The van der Waals surface area contributed by atoms with Gasteiger partial charge in [-0.3, -0.25) is 19.2 Å². The smallest absolute Gasteiger partial charge is 0.393 e. The molecule has 2 aliphatic carbocycles. The predicted molar refractivity (Wildman–Crippen MR) is 99.2 cm³/mol. The normalized spacial score (nSPS) is 29.9. The van der Waals surface area contributed by atoms with Crippen molar-refractivity contribution in [2.75, 3.05) is 26.7 Å². The molecule has 2 fully saturated rings. The number of aromatic amines is 1. The first-order chi connectivity index (χ1) is 14.1. The molecule has 3 aliphatic rings. The standard InChI is InChI=1S/C18H23F4N5O3/c1-30-15-13-10(16(28)25-17(29)27(13)8-2-3-8)12(24)11(19)14(15)26-5-7(4-23)9(6-26)18(20,21)22/h7-9,11,14H,2-6,23-24H2,1H3,(H,25,28,29). The van der Waals surface area contributed by atoms with Crippen LogP contribution in [0.5, 0.6) is 0 Å². The van der Waals surface area contributed by atoms with E-state index in [0.29, 0.717) is 12.8 Å². The summed E-state index contributed by atoms with van der Waals surface area (Å²) < 4.78 is 62.6. The zero-order valence-electron chi connectivity index (χ0n) is 16.2. The summed E-state index contributed by atoms with van der Waals surface area (Å²) in [5.74, 6) is -2.71. The number of alkyl halides is 4. The Morgan fingerprint density at radius 2 is 1.90 bits per heavy atom. The molecule has 0 aromatic carbocycles. The van der Waals surface area contributed by atoms with Crippen molar-refractivity contribution < 1.29 is 22.3 Å². The Kier molecular flexibility index (Phi) is 4.96. The highest BCUT2D eigenvalue weighted by molar-refractivity contribution is 5.60. The van der Waals surface area contributed by atoms with Crippen LogP contribution in [0.3, 0.4) is 0 Å². The van der Waals surface area contributed by atoms with E-state index in [4.69, 9.17) is 16.2 Å². The zero-order chi connectivity index (χ0) is 22.0. The van der Waals surface area contributed by atoms with Crippen molar-refractivity contribution >= 4 is 11.5 Å². The topological polar surface area (TPSA) is 119 Å². The summed E-state index contributed by atoms with van der Waals surface area (Å²) >= 11 is 0. The van der Waals surface area contributed by atoms with E-state index in [1.807, 2.05) is 0 Å². The molecule has 0 bridgehead atoms. The lowest BCUT2D eigenvalue weighted by Crippen LogP contribution is -2.63. The van der Waals surface area contributed by atoms with Crippen molar-refractivity contribution in [1.82, 2.24) is 14.5 Å². The fraction of sp³-hybridized carbons (Fsp3) is 0.667. The number of hydrogen-bond donors (Lipinski definition) is 3. The van der Waals surface area contributed by atoms with Gasteiger partial charge in [-0.2, -0.15) is 13.2 Å². The lowest BCUT2D eigenvalue weighted by atomic mass is 9.96. The van der Waals surface area contributed by atoms with E-state index in [1.54, 1.807) is 0 Å². The molecule has 1 saturated heterocycles. The molecule has 4 unspecified atom stereocenters. The summed E-state index contributed by atoms with van der Waals surface area (Å²) in [6.45, 7) is -0.810. The molecular weight excluding hydrogens is 410 g/mol. The second kappa shape index (κ2) is 7.12. The van der Waals surface area contributed by atoms with Gasteiger partial charge in [-0.05, 0) is 25.3 Å². The van der Waals surface area contributed by atoms with Crippen LogP contribution < -0.4 is 33.3 Å². The maximum Gasteiger partial charge on any atom is 0.393 e. The number of fused-ring (bicyclic) bond motifs is 1. The fourth-order valence-electron chi connectivity index (χ4n) is 4.63. The highest BCUT2D eigenvalue weighted by Gasteiger charge is 2.53. The quantitative estimate of drug-likeness (QED) is 0.497. The van der Waals surface area contributed by atoms with Gasteiger partial charge in [0, 0.05) is 19.1 Å². The number of rotatable bonds is 4. The van der Waals surface area contributed by atoms with E-state index in [0.717, 1.165) is 0 Å². The number of halogens is 4. The van der Waals surface area contributed by atoms with Gasteiger partial charge in [0.15, 0.2) is 6.17 Å². The maximum absolute atomic E-state index is 15.4. The number of hydrogen-bond acceptors (Lipinski definition) is 6. The number of aromatic nitrogens is 2. The van der Waals surface area contributed by atoms with Crippen LogP contribution in [0.15, 0.2) is 9.59 Å². The number of H-pyrrole nitrogens is 1. The molecule has 4 rings (SSSR count). The minimum atomic E-state index is -4.49. The number of nitrogens with two attached hydrogens (primary N) is 2. The monoisotopic (exact) mass is 433 g/mol. The Bertz CT molecular complexity index is 1090. The number of nitrogens with one attached hydrogen (secondary N) is 1. The molecule has 0 amide bonds. The number of ether oxygens (including phenoxy) is 1. The van der Waals surface area contributed by atoms with E-state index in [2.05, 4.69) is 4.98 Å². The van der Waals surface area contributed by atoms with E-state index < -0.39 is 53.7 Å². The summed E-state index contributed by atoms with van der Waals surface area (Å²) in [7, 11) is 1.24. The number of nitrogens with zero attached hydrogens (tertiary/aromatic N) is 2. The molecular formula is C18H23F4N5O3. The summed E-state index contributed by atoms with van der Waals surface area (Å²) in [5.41, 5.74) is 9.54. The van der Waals surface area contributed by atoms with Gasteiger partial charge in [0.25, 0.3) is 5.56 Å². The summed E-state index contributed by atoms with van der Waals surface area (Å²) in [4.78, 5) is 28.3. The highest BCUT2D eigenvalue weighted by atomic mass is 19.4. The average molecular weight is 433 g/mol. The average Bonchev–Trinajstić information content (AvgIpc) is 3.40. The van der Waals surface area contributed by atoms with E-state index in [-0.39, 0.29) is 35.5 Å². The fourth-order valence-corrected chi connectivity index (χ4v) is 4.63. The molecule has 4 atom stereocenters. The Labute approximate surface area is 167 Å². The zero-order valence-corrected chi connectivity index (χ0v) is 16.2. The first-order valence-electron chi connectivity index (χ1n) is 9.67. The van der Waals surface area contributed by atoms with Gasteiger partial charge in [-0.15, -0.1) is 0 Å². The molecule has 0 spiro atoms. The van der Waals surface area contributed by atoms with Gasteiger partial charge in [-0.25, -0.2) is 9.18 Å². The van der Waals surface area contributed by atoms with Gasteiger partial charge in [0.2, 0.25) is 0 Å². The molecule has 1 aromatic heterocycles. The Morgan fingerprint density at radius 1 is 1.23 bits per heavy atom. The Morgan fingerprint density at radius 3 is 2.40 bits per heavy atom. The lowest BCUT2D eigenvalue weighted by Gasteiger charge is -2.34. The second-order valence-corrected chi connectivity index (χ2v) is 8.05. The number of methoxy groups -OCH3 is 1. The largest absolute Gasteiger partial charge is 0.497 e. The Hall–Kier alpha value is -2.34. The molecule has 2 heterocycles. The van der Waals surface area contributed by atoms with Crippen LogP contribution in [-0.4, -0.2) is 59.6 Å². The van der Waals surface area contributed by atoms with E-state index >= 15 is 4.39 Å². The SMILES string of the molecule is COC1=c2c(c(=O)[nH]c(=O)n2C2CC2)=C(N)C(F)C1N1CC(CN)C(C(F)(F)F)C1. The van der Waals surface area contributed by atoms with Crippen molar-refractivity contribution in [2.45, 2.75) is 37.3 Å². The van der Waals surface area contributed by atoms with Crippen molar-refractivity contribution in [1.29, 1.82) is 0 Å². The highest BCUT2D eigenvalue weighted by Crippen LogP contribution is 2.40. The molecule has 166 valence electrons. The van der Waals surface area contributed by atoms with Gasteiger partial charge in [0.05, 0.1) is 29.3 Å². The van der Waals surface area contributed by atoms with Gasteiger partial charge < -0.3 is 16.2 Å². The Balaban J connectivity index is 1.93. The number of likely N-dealkylation sites (tertiary alicyclic amines) is 1. The third-order valence-corrected chi connectivity index (χ3v) is 6.23. The molecule has 12 heteroatoms. The summed E-state index contributed by atoms with van der Waals surface area (Å²) in [6, 6.07) is -1.51. The maximum atomic E-state index is 15.4. The third-order valence-electron chi connectivity index (χ3n) is 6.23. The van der Waals surface area contributed by atoms with Crippen LogP contribution in [0, 0.1) is 11.8 Å². The molecule has 1 aliphatic heterocycles. The van der Waals surface area contributed by atoms with Crippen LogP contribution in [0.25, 0.3) is 11.5 Å². The molecule has 30 heavy (non-hydrogen) atoms. The van der Waals surface area contributed by atoms with E-state index in [9.17, 15) is 22.8 Å². The molecule has 1 saturated carbocycles. The molecule has 8 nitrogen and oxygen atoms in total. The molecule has 5 N–H and O–H groups in total. The summed E-state index contributed by atoms with van der Waals surface area (Å²) in [6.07, 6.45) is -5.13. The second-order valence-electron chi connectivity index (χ2n) is 8.05. The van der Waals surface area contributed by atoms with Gasteiger partial charge >= 0.3 is 11.9 Å². The van der Waals surface area contributed by atoms with Crippen LogP contribution in [0.1, 0.15) is 18.9 Å².